The van der Waals surface area contributed by atoms with E-state index in [0.29, 0.717) is 24.3 Å². The van der Waals surface area contributed by atoms with Crippen molar-refractivity contribution in [3.63, 3.8) is 0 Å². The number of hydrogen-bond acceptors (Lipinski definition) is 8. The van der Waals surface area contributed by atoms with E-state index in [1.54, 1.807) is 16.7 Å². The fraction of sp³-hybridized carbons (Fsp3) is 0.409. The van der Waals surface area contributed by atoms with Crippen molar-refractivity contribution in [2.45, 2.75) is 18.6 Å². The van der Waals surface area contributed by atoms with Crippen LogP contribution in [0.5, 0.6) is 11.5 Å². The SMILES string of the molecule is CN1COc2c(N3CC4C=CCC(N)C4C3)c(F)cc3c(=O)c(OC(=O)O)cn1c23.O=C(O)C(F)(F)F. The fourth-order valence-electron chi connectivity index (χ4n) is 4.74. The Hall–Kier alpha value is -4.01. The third kappa shape index (κ3) is 4.85. The monoisotopic (exact) mass is 530 g/mol. The quantitative estimate of drug-likeness (QED) is 0.300. The first kappa shape index (κ1) is 26.1. The summed E-state index contributed by atoms with van der Waals surface area (Å²) < 4.78 is 59.1. The number of hydrogen-bond donors (Lipinski definition) is 3. The van der Waals surface area contributed by atoms with E-state index >= 15 is 4.39 Å². The normalized spacial score (nSPS) is 22.2. The van der Waals surface area contributed by atoms with Crippen LogP contribution in [0, 0.1) is 17.7 Å². The van der Waals surface area contributed by atoms with Crippen LogP contribution in [0.2, 0.25) is 0 Å². The fourth-order valence-corrected chi connectivity index (χ4v) is 4.74. The van der Waals surface area contributed by atoms with E-state index in [0.717, 1.165) is 12.5 Å². The number of aliphatic carboxylic acids is 1. The van der Waals surface area contributed by atoms with Gasteiger partial charge in [0.25, 0.3) is 0 Å². The number of ether oxygens (including phenoxy) is 2. The molecule has 15 heteroatoms. The van der Waals surface area contributed by atoms with Gasteiger partial charge in [0.2, 0.25) is 11.2 Å². The minimum absolute atomic E-state index is 0.00948. The molecular weight excluding hydrogens is 508 g/mol. The molecule has 1 aliphatic carbocycles. The molecule has 4 N–H and O–H groups in total. The van der Waals surface area contributed by atoms with Crippen LogP contribution >= 0.6 is 0 Å². The largest absolute Gasteiger partial charge is 0.511 e. The highest BCUT2D eigenvalue weighted by atomic mass is 19.4. The van der Waals surface area contributed by atoms with E-state index in [4.69, 9.17) is 25.5 Å². The van der Waals surface area contributed by atoms with Crippen LogP contribution in [0.3, 0.4) is 0 Å². The summed E-state index contributed by atoms with van der Waals surface area (Å²) in [4.78, 5) is 34.5. The lowest BCUT2D eigenvalue weighted by Crippen LogP contribution is -2.39. The second-order valence-electron chi connectivity index (χ2n) is 8.76. The zero-order valence-electron chi connectivity index (χ0n) is 19.2. The number of nitrogens with two attached hydrogens (primary N) is 1. The minimum atomic E-state index is -5.08. The molecule has 3 unspecified atom stereocenters. The van der Waals surface area contributed by atoms with Crippen LogP contribution in [0.25, 0.3) is 10.9 Å². The van der Waals surface area contributed by atoms with Gasteiger partial charge < -0.3 is 30.3 Å². The molecule has 0 radical (unpaired) electrons. The number of carboxylic acids is 1. The molecule has 2 aromatic rings. The topological polar surface area (TPSA) is 148 Å². The van der Waals surface area contributed by atoms with Crippen molar-refractivity contribution >= 4 is 28.7 Å². The number of nitrogens with zero attached hydrogens (tertiary/aromatic N) is 3. The molecule has 3 heterocycles. The predicted molar refractivity (Wildman–Crippen MR) is 121 cm³/mol. The van der Waals surface area contributed by atoms with E-state index in [2.05, 4.69) is 16.9 Å². The van der Waals surface area contributed by atoms with Crippen molar-refractivity contribution in [3.05, 3.63) is 40.5 Å². The van der Waals surface area contributed by atoms with Crippen molar-refractivity contribution in [1.82, 2.24) is 4.68 Å². The van der Waals surface area contributed by atoms with Crippen molar-refractivity contribution in [2.75, 3.05) is 36.8 Å². The molecule has 1 fully saturated rings. The number of alkyl halides is 3. The highest BCUT2D eigenvalue weighted by molar-refractivity contribution is 5.93. The number of rotatable bonds is 2. The van der Waals surface area contributed by atoms with Crippen molar-refractivity contribution < 1.29 is 46.8 Å². The molecular formula is C22H22F4N4O7. The Balaban J connectivity index is 0.000000405. The number of halogens is 4. The number of benzene rings is 1. The minimum Gasteiger partial charge on any atom is -0.475 e. The summed E-state index contributed by atoms with van der Waals surface area (Å²) in [5.74, 6) is -3.04. The molecule has 5 rings (SSSR count). The van der Waals surface area contributed by atoms with Crippen molar-refractivity contribution in [3.8, 4) is 11.5 Å². The third-order valence-corrected chi connectivity index (χ3v) is 6.39. The Morgan fingerprint density at radius 3 is 2.51 bits per heavy atom. The van der Waals surface area contributed by atoms with Gasteiger partial charge >= 0.3 is 18.3 Å². The lowest BCUT2D eigenvalue weighted by molar-refractivity contribution is -0.192. The molecule has 200 valence electrons. The molecule has 0 spiro atoms. The number of carboxylic acid groups (broad SMARTS) is 2. The predicted octanol–water partition coefficient (Wildman–Crippen LogP) is 2.09. The third-order valence-electron chi connectivity index (χ3n) is 6.39. The molecule has 1 aromatic heterocycles. The van der Waals surface area contributed by atoms with Gasteiger partial charge in [-0.1, -0.05) is 12.2 Å². The first-order chi connectivity index (χ1) is 17.3. The molecule has 0 saturated carbocycles. The van der Waals surface area contributed by atoms with Crippen molar-refractivity contribution in [1.29, 1.82) is 0 Å². The van der Waals surface area contributed by atoms with E-state index in [1.165, 1.54) is 6.20 Å². The number of aromatic nitrogens is 1. The average Bonchev–Trinajstić information content (AvgIpc) is 3.23. The van der Waals surface area contributed by atoms with E-state index in [1.807, 2.05) is 4.90 Å². The maximum Gasteiger partial charge on any atom is 0.511 e. The van der Waals surface area contributed by atoms with Crippen LogP contribution in [-0.2, 0) is 4.79 Å². The maximum atomic E-state index is 15.3. The summed E-state index contributed by atoms with van der Waals surface area (Å²) >= 11 is 0. The Morgan fingerprint density at radius 2 is 1.92 bits per heavy atom. The molecule has 1 aromatic carbocycles. The summed E-state index contributed by atoms with van der Waals surface area (Å²) in [5.41, 5.74) is 6.23. The second-order valence-corrected chi connectivity index (χ2v) is 8.76. The zero-order chi connectivity index (χ0) is 27.2. The first-order valence-electron chi connectivity index (χ1n) is 10.9. The molecule has 3 aliphatic rings. The van der Waals surface area contributed by atoms with Gasteiger partial charge in [0.15, 0.2) is 18.3 Å². The average molecular weight is 530 g/mol. The Kier molecular flexibility index (Phi) is 6.66. The van der Waals surface area contributed by atoms with Crippen LogP contribution in [0.4, 0.5) is 28.0 Å². The van der Waals surface area contributed by atoms with E-state index in [9.17, 15) is 22.8 Å². The van der Waals surface area contributed by atoms with Gasteiger partial charge in [0.05, 0.1) is 11.6 Å². The highest BCUT2D eigenvalue weighted by Crippen LogP contribution is 2.44. The summed E-state index contributed by atoms with van der Waals surface area (Å²) in [5, 5.41) is 17.7. The van der Waals surface area contributed by atoms with Gasteiger partial charge in [-0.3, -0.25) is 14.5 Å². The summed E-state index contributed by atoms with van der Waals surface area (Å²) in [6.45, 7) is 1.29. The lowest BCUT2D eigenvalue weighted by Gasteiger charge is -2.33. The zero-order valence-corrected chi connectivity index (χ0v) is 19.2. The smallest absolute Gasteiger partial charge is 0.475 e. The number of fused-ring (bicyclic) bond motifs is 1. The van der Waals surface area contributed by atoms with E-state index in [-0.39, 0.29) is 35.7 Å². The molecule has 11 nitrogen and oxygen atoms in total. The number of anilines is 1. The van der Waals surface area contributed by atoms with Crippen LogP contribution < -0.4 is 30.5 Å². The Labute approximate surface area is 205 Å². The van der Waals surface area contributed by atoms with Gasteiger partial charge in [0, 0.05) is 32.1 Å². The summed E-state index contributed by atoms with van der Waals surface area (Å²) in [7, 11) is 1.70. The Bertz CT molecular complexity index is 1340. The molecule has 3 atom stereocenters. The van der Waals surface area contributed by atoms with Gasteiger partial charge in [0.1, 0.15) is 11.2 Å². The summed E-state index contributed by atoms with van der Waals surface area (Å²) in [6, 6.07) is 1.15. The van der Waals surface area contributed by atoms with E-state index < -0.39 is 35.3 Å². The molecule has 0 amide bonds. The molecule has 1 saturated heterocycles. The van der Waals surface area contributed by atoms with Crippen LogP contribution in [-0.4, -0.2) is 66.1 Å². The molecule has 2 aliphatic heterocycles. The number of carbonyl (C=O) groups is 2. The van der Waals surface area contributed by atoms with Crippen LogP contribution in [0.15, 0.2) is 29.2 Å². The summed E-state index contributed by atoms with van der Waals surface area (Å²) in [6.07, 6.45) is -0.401. The highest BCUT2D eigenvalue weighted by Gasteiger charge is 2.40. The molecule has 0 bridgehead atoms. The standard InChI is InChI=1S/C20H21FN4O5.C2HF3O2/c1-23-9-29-19-16-11(18(26)15(8-25(16)23)30-20(27)28)5-13(21)17(19)24-6-10-3-2-4-14(22)12(10)7-24;3-2(4,5)1(6)7/h2-3,5,8,10,12,14H,4,6-7,9,22H2,1H3,(H,27,28);(H,6,7). The van der Waals surface area contributed by atoms with Gasteiger partial charge in [-0.2, -0.15) is 13.2 Å². The van der Waals surface area contributed by atoms with Gasteiger partial charge in [-0.05, 0) is 18.4 Å². The van der Waals surface area contributed by atoms with Crippen LogP contribution in [0.1, 0.15) is 6.42 Å². The second kappa shape index (κ2) is 9.46. The first-order valence-corrected chi connectivity index (χ1v) is 10.9. The Morgan fingerprint density at radius 1 is 1.24 bits per heavy atom. The maximum absolute atomic E-state index is 15.3. The molecule has 37 heavy (non-hydrogen) atoms. The van der Waals surface area contributed by atoms with Gasteiger partial charge in [-0.25, -0.2) is 14.0 Å². The lowest BCUT2D eigenvalue weighted by atomic mass is 9.83. The van der Waals surface area contributed by atoms with Gasteiger partial charge in [-0.15, -0.1) is 0 Å². The van der Waals surface area contributed by atoms with Crippen molar-refractivity contribution in [2.24, 2.45) is 17.6 Å². The number of pyridine rings is 1.